The Hall–Kier alpha value is -2.63. The first-order valence-corrected chi connectivity index (χ1v) is 8.57. The molecule has 0 aliphatic carbocycles. The van der Waals surface area contributed by atoms with Crippen LogP contribution >= 0.6 is 0 Å². The Bertz CT molecular complexity index is 805. The number of benzene rings is 1. The van der Waals surface area contributed by atoms with Gasteiger partial charge in [0.1, 0.15) is 11.9 Å². The van der Waals surface area contributed by atoms with Crippen molar-refractivity contribution < 1.29 is 9.59 Å². The second-order valence-electron chi connectivity index (χ2n) is 6.69. The number of carbonyl (C=O) groups excluding carboxylic acids is 2. The minimum absolute atomic E-state index is 0.0752. The second-order valence-corrected chi connectivity index (χ2v) is 6.69. The maximum atomic E-state index is 12.9. The van der Waals surface area contributed by atoms with Crippen LogP contribution in [0.5, 0.6) is 0 Å². The summed E-state index contributed by atoms with van der Waals surface area (Å²) in [6.45, 7) is 6.37. The lowest BCUT2D eigenvalue weighted by Gasteiger charge is -2.32. The standard InChI is InChI=1S/C19H24N4O2/c1-12-7-5-8-13(2)17(12)18(24)20-15-9-6-10-23(19(15)25)16-11-14(3)21-22(16)4/h5,7-8,11,15H,6,9-10H2,1-4H3,(H,20,24)/t15-/m0/s1. The van der Waals surface area contributed by atoms with Gasteiger partial charge in [-0.2, -0.15) is 5.10 Å². The molecule has 1 atom stereocenters. The minimum Gasteiger partial charge on any atom is -0.340 e. The van der Waals surface area contributed by atoms with Crippen LogP contribution in [0.25, 0.3) is 0 Å². The molecule has 3 rings (SSSR count). The monoisotopic (exact) mass is 340 g/mol. The molecule has 1 aromatic heterocycles. The van der Waals surface area contributed by atoms with E-state index in [1.807, 2.05) is 52.1 Å². The van der Waals surface area contributed by atoms with Gasteiger partial charge in [-0.1, -0.05) is 18.2 Å². The van der Waals surface area contributed by atoms with E-state index in [0.717, 1.165) is 29.1 Å². The third kappa shape index (κ3) is 3.29. The first kappa shape index (κ1) is 17.2. The summed E-state index contributed by atoms with van der Waals surface area (Å²) in [7, 11) is 1.83. The molecule has 2 heterocycles. The van der Waals surface area contributed by atoms with Crippen LogP contribution in [0.1, 0.15) is 40.0 Å². The Morgan fingerprint density at radius 3 is 2.52 bits per heavy atom. The fourth-order valence-electron chi connectivity index (χ4n) is 3.49. The number of piperidine rings is 1. The number of hydrogen-bond donors (Lipinski definition) is 1. The molecule has 1 aliphatic rings. The van der Waals surface area contributed by atoms with Crippen molar-refractivity contribution in [2.24, 2.45) is 7.05 Å². The van der Waals surface area contributed by atoms with Crippen molar-refractivity contribution in [3.8, 4) is 0 Å². The van der Waals surface area contributed by atoms with Crippen molar-refractivity contribution >= 4 is 17.6 Å². The van der Waals surface area contributed by atoms with Gasteiger partial charge < -0.3 is 5.32 Å². The summed E-state index contributed by atoms with van der Waals surface area (Å²) < 4.78 is 1.71. The molecule has 0 radical (unpaired) electrons. The molecule has 6 heteroatoms. The topological polar surface area (TPSA) is 67.2 Å². The molecule has 0 spiro atoms. The van der Waals surface area contributed by atoms with E-state index in [2.05, 4.69) is 10.4 Å². The molecule has 2 aromatic rings. The molecule has 132 valence electrons. The molecule has 1 aromatic carbocycles. The first-order valence-electron chi connectivity index (χ1n) is 8.57. The highest BCUT2D eigenvalue weighted by Gasteiger charge is 2.32. The van der Waals surface area contributed by atoms with Crippen molar-refractivity contribution in [3.05, 3.63) is 46.6 Å². The maximum Gasteiger partial charge on any atom is 0.252 e. The molecule has 1 fully saturated rings. The Morgan fingerprint density at radius 1 is 1.24 bits per heavy atom. The lowest BCUT2D eigenvalue weighted by atomic mass is 10.00. The number of aromatic nitrogens is 2. The van der Waals surface area contributed by atoms with Crippen LogP contribution in [0.4, 0.5) is 5.82 Å². The minimum atomic E-state index is -0.504. The maximum absolute atomic E-state index is 12.9. The zero-order valence-electron chi connectivity index (χ0n) is 15.2. The van der Waals surface area contributed by atoms with Crippen molar-refractivity contribution in [1.29, 1.82) is 0 Å². The number of aryl methyl sites for hydroxylation is 4. The van der Waals surface area contributed by atoms with Crippen LogP contribution in [-0.2, 0) is 11.8 Å². The lowest BCUT2D eigenvalue weighted by Crippen LogP contribution is -2.53. The summed E-state index contributed by atoms with van der Waals surface area (Å²) in [5.74, 6) is 0.513. The second kappa shape index (κ2) is 6.70. The summed E-state index contributed by atoms with van der Waals surface area (Å²) in [4.78, 5) is 27.3. The highest BCUT2D eigenvalue weighted by molar-refractivity contribution is 6.03. The molecular formula is C19H24N4O2. The van der Waals surface area contributed by atoms with E-state index < -0.39 is 6.04 Å². The molecule has 0 bridgehead atoms. The number of amides is 2. The molecule has 2 amide bonds. The fraction of sp³-hybridized carbons (Fsp3) is 0.421. The van der Waals surface area contributed by atoms with Crippen LogP contribution < -0.4 is 10.2 Å². The SMILES string of the molecule is Cc1cc(N2CCC[C@H](NC(=O)c3c(C)cccc3C)C2=O)n(C)n1. The quantitative estimate of drug-likeness (QED) is 0.932. The highest BCUT2D eigenvalue weighted by Crippen LogP contribution is 2.22. The van der Waals surface area contributed by atoms with E-state index in [1.165, 1.54) is 0 Å². The normalized spacial score (nSPS) is 17.7. The van der Waals surface area contributed by atoms with E-state index >= 15 is 0 Å². The van der Waals surface area contributed by atoms with Crippen LogP contribution in [-0.4, -0.2) is 34.2 Å². The zero-order valence-corrected chi connectivity index (χ0v) is 15.2. The summed E-state index contributed by atoms with van der Waals surface area (Å²) in [6.07, 6.45) is 1.50. The van der Waals surface area contributed by atoms with Crippen LogP contribution in [0.2, 0.25) is 0 Å². The van der Waals surface area contributed by atoms with Gasteiger partial charge in [-0.15, -0.1) is 0 Å². The number of rotatable bonds is 3. The zero-order chi connectivity index (χ0) is 18.1. The van der Waals surface area contributed by atoms with Crippen LogP contribution in [0.3, 0.4) is 0 Å². The smallest absolute Gasteiger partial charge is 0.252 e. The van der Waals surface area contributed by atoms with Crippen molar-refractivity contribution in [1.82, 2.24) is 15.1 Å². The van der Waals surface area contributed by atoms with Gasteiger partial charge in [-0.05, 0) is 44.7 Å². The average molecular weight is 340 g/mol. The Kier molecular flexibility index (Phi) is 4.61. The van der Waals surface area contributed by atoms with Crippen LogP contribution in [0, 0.1) is 20.8 Å². The number of hydrogen-bond acceptors (Lipinski definition) is 3. The predicted molar refractivity (Wildman–Crippen MR) is 96.7 cm³/mol. The molecule has 1 saturated heterocycles. The van der Waals surface area contributed by atoms with Crippen molar-refractivity contribution in [3.63, 3.8) is 0 Å². The molecule has 1 N–H and O–H groups in total. The third-order valence-electron chi connectivity index (χ3n) is 4.71. The molecule has 0 saturated carbocycles. The van der Waals surface area contributed by atoms with E-state index in [1.54, 1.807) is 9.58 Å². The van der Waals surface area contributed by atoms with Gasteiger partial charge in [0, 0.05) is 25.2 Å². The Morgan fingerprint density at radius 2 is 1.92 bits per heavy atom. The van der Waals surface area contributed by atoms with Gasteiger partial charge >= 0.3 is 0 Å². The van der Waals surface area contributed by atoms with Crippen molar-refractivity contribution in [2.75, 3.05) is 11.4 Å². The Labute approximate surface area is 147 Å². The molecular weight excluding hydrogens is 316 g/mol. The van der Waals surface area contributed by atoms with Crippen molar-refractivity contribution in [2.45, 2.75) is 39.7 Å². The van der Waals surface area contributed by atoms with Gasteiger partial charge in [0.25, 0.3) is 11.8 Å². The highest BCUT2D eigenvalue weighted by atomic mass is 16.2. The molecule has 1 aliphatic heterocycles. The predicted octanol–water partition coefficient (Wildman–Crippen LogP) is 2.27. The summed E-state index contributed by atoms with van der Waals surface area (Å²) in [6, 6.07) is 7.15. The number of nitrogens with zero attached hydrogens (tertiary/aromatic N) is 3. The summed E-state index contributed by atoms with van der Waals surface area (Å²) in [5.41, 5.74) is 3.36. The fourth-order valence-corrected chi connectivity index (χ4v) is 3.49. The van der Waals surface area contributed by atoms with E-state index in [0.29, 0.717) is 18.5 Å². The van der Waals surface area contributed by atoms with Gasteiger partial charge in [-0.25, -0.2) is 0 Å². The number of carbonyl (C=O) groups is 2. The Balaban J connectivity index is 1.80. The third-order valence-corrected chi connectivity index (χ3v) is 4.71. The van der Waals surface area contributed by atoms with Gasteiger partial charge in [0.2, 0.25) is 0 Å². The lowest BCUT2D eigenvalue weighted by molar-refractivity contribution is -0.121. The van der Waals surface area contributed by atoms with E-state index in [4.69, 9.17) is 0 Å². The van der Waals surface area contributed by atoms with E-state index in [9.17, 15) is 9.59 Å². The molecule has 25 heavy (non-hydrogen) atoms. The van der Waals surface area contributed by atoms with E-state index in [-0.39, 0.29) is 11.8 Å². The largest absolute Gasteiger partial charge is 0.340 e. The van der Waals surface area contributed by atoms with Gasteiger partial charge in [0.05, 0.1) is 5.69 Å². The van der Waals surface area contributed by atoms with Gasteiger partial charge in [-0.3, -0.25) is 19.2 Å². The average Bonchev–Trinajstić information content (AvgIpc) is 2.87. The molecule has 0 unspecified atom stereocenters. The molecule has 6 nitrogen and oxygen atoms in total. The number of nitrogens with one attached hydrogen (secondary N) is 1. The van der Waals surface area contributed by atoms with Gasteiger partial charge in [0.15, 0.2) is 0 Å². The van der Waals surface area contributed by atoms with Crippen LogP contribution in [0.15, 0.2) is 24.3 Å². The first-order chi connectivity index (χ1) is 11.9. The summed E-state index contributed by atoms with van der Waals surface area (Å²) >= 11 is 0. The summed E-state index contributed by atoms with van der Waals surface area (Å²) in [5, 5.41) is 7.25. The number of anilines is 1.